The summed E-state index contributed by atoms with van der Waals surface area (Å²) in [6, 6.07) is 14.6. The van der Waals surface area contributed by atoms with Gasteiger partial charge in [-0.15, -0.1) is 0 Å². The molecule has 31 heavy (non-hydrogen) atoms. The Morgan fingerprint density at radius 3 is 2.39 bits per heavy atom. The summed E-state index contributed by atoms with van der Waals surface area (Å²) in [6.07, 6.45) is 1.13. The van der Waals surface area contributed by atoms with Crippen LogP contribution in [0.2, 0.25) is 5.02 Å². The number of rotatable bonds is 8. The van der Waals surface area contributed by atoms with Crippen LogP contribution in [0.3, 0.4) is 0 Å². The zero-order valence-corrected chi connectivity index (χ0v) is 19.5. The molecular formula is C23H29ClN2O4S. The maximum atomic E-state index is 12.7. The van der Waals surface area contributed by atoms with Crippen molar-refractivity contribution in [1.29, 1.82) is 0 Å². The van der Waals surface area contributed by atoms with Crippen LogP contribution < -0.4 is 10.1 Å². The van der Waals surface area contributed by atoms with E-state index in [9.17, 15) is 13.2 Å². The number of halogens is 1. The number of hydrogen-bond donors (Lipinski definition) is 1. The zero-order chi connectivity index (χ0) is 22.4. The number of benzene rings is 2. The van der Waals surface area contributed by atoms with Gasteiger partial charge >= 0.3 is 0 Å². The largest absolute Gasteiger partial charge is 0.491 e. The van der Waals surface area contributed by atoms with E-state index in [-0.39, 0.29) is 23.7 Å². The van der Waals surface area contributed by atoms with Gasteiger partial charge in [-0.2, -0.15) is 0 Å². The quantitative estimate of drug-likeness (QED) is 0.641. The standard InChI is InChI=1S/C23H29ClN2O4S/c1-17(2)30-21-9-7-18(8-10-21)15-25-23(27)19-11-13-26(14-12-19)31(28,29)16-20-5-3-4-6-22(20)24/h3-10,17,19H,11-16H2,1-2H3,(H,25,27). The summed E-state index contributed by atoms with van der Waals surface area (Å²) in [5, 5.41) is 3.41. The lowest BCUT2D eigenvalue weighted by Crippen LogP contribution is -2.43. The van der Waals surface area contributed by atoms with Crippen molar-refractivity contribution >= 4 is 27.5 Å². The van der Waals surface area contributed by atoms with Crippen LogP contribution in [0, 0.1) is 5.92 Å². The number of nitrogens with zero attached hydrogens (tertiary/aromatic N) is 1. The summed E-state index contributed by atoms with van der Waals surface area (Å²) in [6.45, 7) is 5.06. The van der Waals surface area contributed by atoms with Gasteiger partial charge in [0.15, 0.2) is 0 Å². The molecule has 2 aromatic rings. The molecule has 0 spiro atoms. The maximum absolute atomic E-state index is 12.7. The Morgan fingerprint density at radius 1 is 1.13 bits per heavy atom. The highest BCUT2D eigenvalue weighted by atomic mass is 35.5. The number of piperidine rings is 1. The fourth-order valence-corrected chi connectivity index (χ4v) is 5.47. The Bertz CT molecular complexity index is 985. The summed E-state index contributed by atoms with van der Waals surface area (Å²) in [4.78, 5) is 12.6. The van der Waals surface area contributed by atoms with Gasteiger partial charge in [-0.05, 0) is 56.0 Å². The minimum atomic E-state index is -3.47. The van der Waals surface area contributed by atoms with Crippen molar-refractivity contribution in [2.75, 3.05) is 13.1 Å². The van der Waals surface area contributed by atoms with Crippen LogP contribution in [0.15, 0.2) is 48.5 Å². The lowest BCUT2D eigenvalue weighted by atomic mass is 9.97. The molecule has 0 bridgehead atoms. The van der Waals surface area contributed by atoms with Gasteiger partial charge in [-0.3, -0.25) is 4.79 Å². The molecule has 0 aliphatic carbocycles. The molecule has 168 valence electrons. The van der Waals surface area contributed by atoms with Crippen molar-refractivity contribution in [2.45, 2.75) is 45.1 Å². The molecule has 0 aromatic heterocycles. The second-order valence-electron chi connectivity index (χ2n) is 8.05. The first-order chi connectivity index (χ1) is 14.7. The molecular weight excluding hydrogens is 436 g/mol. The summed E-state index contributed by atoms with van der Waals surface area (Å²) in [5.41, 5.74) is 1.58. The minimum Gasteiger partial charge on any atom is -0.491 e. The minimum absolute atomic E-state index is 0.0364. The molecule has 1 aliphatic heterocycles. The van der Waals surface area contributed by atoms with Crippen LogP contribution in [0.5, 0.6) is 5.75 Å². The van der Waals surface area contributed by atoms with Crippen molar-refractivity contribution in [3.63, 3.8) is 0 Å². The number of nitrogens with one attached hydrogen (secondary N) is 1. The van der Waals surface area contributed by atoms with Crippen LogP contribution in [0.4, 0.5) is 0 Å². The molecule has 1 saturated heterocycles. The predicted molar refractivity (Wildman–Crippen MR) is 122 cm³/mol. The van der Waals surface area contributed by atoms with Gasteiger partial charge in [0, 0.05) is 30.6 Å². The lowest BCUT2D eigenvalue weighted by molar-refractivity contribution is -0.126. The van der Waals surface area contributed by atoms with Crippen molar-refractivity contribution in [3.05, 3.63) is 64.7 Å². The van der Waals surface area contributed by atoms with E-state index in [1.54, 1.807) is 24.3 Å². The van der Waals surface area contributed by atoms with Crippen LogP contribution in [-0.2, 0) is 27.1 Å². The molecule has 1 amide bonds. The van der Waals surface area contributed by atoms with Crippen molar-refractivity contribution in [2.24, 2.45) is 5.92 Å². The van der Waals surface area contributed by atoms with Gasteiger partial charge in [0.2, 0.25) is 15.9 Å². The first-order valence-electron chi connectivity index (χ1n) is 10.5. The van der Waals surface area contributed by atoms with Crippen molar-refractivity contribution < 1.29 is 17.9 Å². The van der Waals surface area contributed by atoms with E-state index in [4.69, 9.17) is 16.3 Å². The third kappa shape index (κ3) is 6.69. The normalized spacial score (nSPS) is 15.7. The van der Waals surface area contributed by atoms with Crippen molar-refractivity contribution in [3.8, 4) is 5.75 Å². The molecule has 1 heterocycles. The SMILES string of the molecule is CC(C)Oc1ccc(CNC(=O)C2CCN(S(=O)(=O)Cc3ccccc3Cl)CC2)cc1. The number of hydrogen-bond acceptors (Lipinski definition) is 4. The molecule has 6 nitrogen and oxygen atoms in total. The summed E-state index contributed by atoms with van der Waals surface area (Å²) >= 11 is 6.11. The second kappa shape index (κ2) is 10.5. The molecule has 1 fully saturated rings. The molecule has 0 radical (unpaired) electrons. The zero-order valence-electron chi connectivity index (χ0n) is 17.9. The fraction of sp³-hybridized carbons (Fsp3) is 0.435. The summed E-state index contributed by atoms with van der Waals surface area (Å²) in [5.74, 6) is 0.455. The van der Waals surface area contributed by atoms with Gasteiger partial charge in [0.1, 0.15) is 5.75 Å². The van der Waals surface area contributed by atoms with Crippen LogP contribution in [0.1, 0.15) is 37.8 Å². The highest BCUT2D eigenvalue weighted by Gasteiger charge is 2.31. The monoisotopic (exact) mass is 464 g/mol. The Morgan fingerprint density at radius 2 is 1.77 bits per heavy atom. The molecule has 1 aliphatic rings. The van der Waals surface area contributed by atoms with Crippen molar-refractivity contribution in [1.82, 2.24) is 9.62 Å². The summed E-state index contributed by atoms with van der Waals surface area (Å²) in [7, 11) is -3.47. The Kier molecular flexibility index (Phi) is 7.97. The second-order valence-corrected chi connectivity index (χ2v) is 10.4. The molecule has 0 unspecified atom stereocenters. The van der Waals surface area contributed by atoms with Gasteiger partial charge in [0.25, 0.3) is 0 Å². The average Bonchev–Trinajstić information content (AvgIpc) is 2.74. The Labute approximate surface area is 189 Å². The number of amides is 1. The summed E-state index contributed by atoms with van der Waals surface area (Å²) < 4.78 is 32.6. The van der Waals surface area contributed by atoms with Crippen LogP contribution in [-0.4, -0.2) is 37.8 Å². The van der Waals surface area contributed by atoms with Gasteiger partial charge in [-0.25, -0.2) is 12.7 Å². The van der Waals surface area contributed by atoms with Gasteiger partial charge in [0.05, 0.1) is 11.9 Å². The third-order valence-electron chi connectivity index (χ3n) is 5.28. The first-order valence-corrected chi connectivity index (χ1v) is 12.5. The number of sulfonamides is 1. The fourth-order valence-electron chi connectivity index (χ4n) is 3.59. The lowest BCUT2D eigenvalue weighted by Gasteiger charge is -2.30. The van der Waals surface area contributed by atoms with E-state index >= 15 is 0 Å². The smallest absolute Gasteiger partial charge is 0.223 e. The third-order valence-corrected chi connectivity index (χ3v) is 7.47. The van der Waals surface area contributed by atoms with E-state index in [2.05, 4.69) is 5.32 Å². The highest BCUT2D eigenvalue weighted by Crippen LogP contribution is 2.24. The van der Waals surface area contributed by atoms with E-state index < -0.39 is 10.0 Å². The van der Waals surface area contributed by atoms with Gasteiger partial charge in [-0.1, -0.05) is 41.9 Å². The molecule has 0 saturated carbocycles. The first kappa shape index (κ1) is 23.6. The molecule has 2 aromatic carbocycles. The molecule has 3 rings (SSSR count). The maximum Gasteiger partial charge on any atom is 0.223 e. The highest BCUT2D eigenvalue weighted by molar-refractivity contribution is 7.88. The van der Waals surface area contributed by atoms with E-state index in [1.165, 1.54) is 4.31 Å². The Hall–Kier alpha value is -2.09. The van der Waals surface area contributed by atoms with E-state index in [1.807, 2.05) is 38.1 Å². The topological polar surface area (TPSA) is 75.7 Å². The van der Waals surface area contributed by atoms with E-state index in [0.29, 0.717) is 43.1 Å². The van der Waals surface area contributed by atoms with Gasteiger partial charge < -0.3 is 10.1 Å². The molecule has 0 atom stereocenters. The van der Waals surface area contributed by atoms with Crippen LogP contribution >= 0.6 is 11.6 Å². The average molecular weight is 465 g/mol. The number of ether oxygens (including phenoxy) is 1. The number of carbonyl (C=O) groups is 1. The molecule has 8 heteroatoms. The number of carbonyl (C=O) groups excluding carboxylic acids is 1. The molecule has 1 N–H and O–H groups in total. The van der Waals surface area contributed by atoms with Crippen LogP contribution in [0.25, 0.3) is 0 Å². The van der Waals surface area contributed by atoms with E-state index in [0.717, 1.165) is 11.3 Å². The Balaban J connectivity index is 1.47. The predicted octanol–water partition coefficient (Wildman–Crippen LogP) is 3.99.